The zero-order valence-electron chi connectivity index (χ0n) is 15.5. The summed E-state index contributed by atoms with van der Waals surface area (Å²) < 4.78 is 14.4. The number of thioether (sulfide) groups is 1. The third-order valence-electron chi connectivity index (χ3n) is 7.15. The number of hydrogen-bond acceptors (Lipinski definition) is 5. The summed E-state index contributed by atoms with van der Waals surface area (Å²) in [6.07, 6.45) is 7.86. The summed E-state index contributed by atoms with van der Waals surface area (Å²) in [5, 5.41) is 10.4. The van der Waals surface area contributed by atoms with E-state index in [4.69, 9.17) is 0 Å². The smallest absolute Gasteiger partial charge is 0.240 e. The van der Waals surface area contributed by atoms with E-state index in [0.29, 0.717) is 16.4 Å². The second kappa shape index (κ2) is 6.26. The van der Waals surface area contributed by atoms with Crippen LogP contribution in [0, 0.1) is 23.6 Å². The first-order valence-corrected chi connectivity index (χ1v) is 12.0. The van der Waals surface area contributed by atoms with E-state index in [-0.39, 0.29) is 22.5 Å². The van der Waals surface area contributed by atoms with Gasteiger partial charge in [0.25, 0.3) is 0 Å². The summed E-state index contributed by atoms with van der Waals surface area (Å²) in [4.78, 5) is 14.3. The molecule has 0 radical (unpaired) electrons. The summed E-state index contributed by atoms with van der Waals surface area (Å²) in [5.74, 6) is 2.60. The molecule has 1 amide bonds. The summed E-state index contributed by atoms with van der Waals surface area (Å²) >= 11 is 3.04. The van der Waals surface area contributed by atoms with Crippen molar-refractivity contribution >= 4 is 34.1 Å². The normalized spacial score (nSPS) is 36.5. The highest BCUT2D eigenvalue weighted by atomic mass is 32.2. The Bertz CT molecular complexity index is 910. The molecule has 2 heterocycles. The Balaban J connectivity index is 1.34. The van der Waals surface area contributed by atoms with Crippen LogP contribution in [-0.4, -0.2) is 21.9 Å². The van der Waals surface area contributed by atoms with Crippen molar-refractivity contribution in [3.63, 3.8) is 0 Å². The lowest BCUT2D eigenvalue weighted by Crippen LogP contribution is -2.48. The lowest BCUT2D eigenvalue weighted by atomic mass is 9.50. The quantitative estimate of drug-likeness (QED) is 0.714. The Morgan fingerprint density at radius 2 is 1.71 bits per heavy atom. The average molecular weight is 416 g/mol. The highest BCUT2D eigenvalue weighted by Crippen LogP contribution is 2.61. The molecule has 0 spiro atoms. The second-order valence-electron chi connectivity index (χ2n) is 9.04. The van der Waals surface area contributed by atoms with E-state index in [2.05, 4.69) is 10.2 Å². The first kappa shape index (κ1) is 17.4. The van der Waals surface area contributed by atoms with Crippen molar-refractivity contribution in [2.45, 2.75) is 49.3 Å². The molecule has 5 aliphatic rings. The maximum Gasteiger partial charge on any atom is 0.240 e. The largest absolute Gasteiger partial charge is 0.273 e. The molecule has 4 bridgehead atoms. The van der Waals surface area contributed by atoms with Gasteiger partial charge in [0, 0.05) is 11.0 Å². The number of carbonyl (C=O) groups excluding carboxylic acids is 1. The number of nitrogens with zero attached hydrogens (tertiary/aromatic N) is 3. The molecule has 1 atom stereocenters. The Hall–Kier alpha value is -1.47. The summed E-state index contributed by atoms with van der Waals surface area (Å²) in [5.41, 5.74) is 0.721. The molecule has 146 valence electrons. The van der Waals surface area contributed by atoms with Crippen LogP contribution >= 0.6 is 23.1 Å². The van der Waals surface area contributed by atoms with E-state index in [1.165, 1.54) is 56.4 Å². The standard InChI is InChI=1S/C21H22FN3OS2/c22-16-4-2-1-3-15(16)18-25(17(26)11-27-18)20-24-23-19(28-20)21-8-12-5-13(9-21)7-14(6-12)10-21/h1-4,12-14,18H,5-11H2. The number of amides is 1. The zero-order chi connectivity index (χ0) is 18.9. The SMILES string of the molecule is O=C1CSC(c2ccccc2F)N1c1nnc(C23CC4CC(CC(C4)C2)C3)s1. The number of hydrogen-bond donors (Lipinski definition) is 0. The minimum absolute atomic E-state index is 0.00790. The monoisotopic (exact) mass is 415 g/mol. The first-order chi connectivity index (χ1) is 13.6. The van der Waals surface area contributed by atoms with Crippen LogP contribution in [0.1, 0.15) is 54.5 Å². The first-order valence-electron chi connectivity index (χ1n) is 10.1. The van der Waals surface area contributed by atoms with E-state index in [1.807, 2.05) is 6.07 Å². The summed E-state index contributed by atoms with van der Waals surface area (Å²) in [7, 11) is 0. The molecular formula is C21H22FN3OS2. The highest BCUT2D eigenvalue weighted by molar-refractivity contribution is 8.00. The molecule has 7 heteroatoms. The maximum atomic E-state index is 14.4. The van der Waals surface area contributed by atoms with Gasteiger partial charge in [0.2, 0.25) is 11.0 Å². The van der Waals surface area contributed by atoms with E-state index in [9.17, 15) is 9.18 Å². The van der Waals surface area contributed by atoms with Crippen LogP contribution in [0.4, 0.5) is 9.52 Å². The fraction of sp³-hybridized carbons (Fsp3) is 0.571. The van der Waals surface area contributed by atoms with Gasteiger partial charge in [-0.2, -0.15) is 0 Å². The van der Waals surface area contributed by atoms with Gasteiger partial charge >= 0.3 is 0 Å². The number of benzene rings is 1. The van der Waals surface area contributed by atoms with Crippen molar-refractivity contribution in [1.82, 2.24) is 10.2 Å². The van der Waals surface area contributed by atoms with Crippen molar-refractivity contribution in [3.05, 3.63) is 40.7 Å². The lowest BCUT2D eigenvalue weighted by Gasteiger charge is -2.55. The van der Waals surface area contributed by atoms with Crippen LogP contribution < -0.4 is 4.90 Å². The van der Waals surface area contributed by atoms with Gasteiger partial charge in [-0.25, -0.2) is 4.39 Å². The van der Waals surface area contributed by atoms with Crippen molar-refractivity contribution in [1.29, 1.82) is 0 Å². The second-order valence-corrected chi connectivity index (χ2v) is 11.1. The molecule has 1 saturated heterocycles. The predicted molar refractivity (Wildman–Crippen MR) is 109 cm³/mol. The van der Waals surface area contributed by atoms with E-state index < -0.39 is 0 Å². The van der Waals surface area contributed by atoms with E-state index in [0.717, 1.165) is 22.8 Å². The number of aromatic nitrogens is 2. The Morgan fingerprint density at radius 3 is 2.39 bits per heavy atom. The summed E-state index contributed by atoms with van der Waals surface area (Å²) in [6.45, 7) is 0. The minimum Gasteiger partial charge on any atom is -0.273 e. The summed E-state index contributed by atoms with van der Waals surface area (Å²) in [6, 6.07) is 6.72. The third-order valence-corrected chi connectivity index (χ3v) is 9.51. The molecule has 0 N–H and O–H groups in total. The predicted octanol–water partition coefficient (Wildman–Crippen LogP) is 4.92. The lowest BCUT2D eigenvalue weighted by molar-refractivity contribution is -0.115. The molecule has 5 fully saturated rings. The molecule has 28 heavy (non-hydrogen) atoms. The van der Waals surface area contributed by atoms with Crippen LogP contribution in [0.3, 0.4) is 0 Å². The molecule has 4 saturated carbocycles. The average Bonchev–Trinajstić information content (AvgIpc) is 3.28. The Labute approximate surface area is 171 Å². The van der Waals surface area contributed by atoms with Gasteiger partial charge in [-0.05, 0) is 62.3 Å². The van der Waals surface area contributed by atoms with Crippen molar-refractivity contribution in [3.8, 4) is 0 Å². The fourth-order valence-corrected chi connectivity index (χ4v) is 8.79. The minimum atomic E-state index is -0.356. The van der Waals surface area contributed by atoms with Gasteiger partial charge in [-0.1, -0.05) is 29.5 Å². The number of carbonyl (C=O) groups is 1. The molecule has 2 aromatic rings. The number of rotatable bonds is 3. The molecule has 4 aliphatic carbocycles. The van der Waals surface area contributed by atoms with Crippen LogP contribution in [0.2, 0.25) is 0 Å². The molecule has 4 nitrogen and oxygen atoms in total. The van der Waals surface area contributed by atoms with Gasteiger partial charge in [0.05, 0.1) is 5.75 Å². The Morgan fingerprint density at radius 1 is 1.04 bits per heavy atom. The third kappa shape index (κ3) is 2.58. The van der Waals surface area contributed by atoms with Gasteiger partial charge < -0.3 is 0 Å². The maximum absolute atomic E-state index is 14.4. The molecule has 1 aromatic carbocycles. The van der Waals surface area contributed by atoms with Gasteiger partial charge in [0.15, 0.2) is 0 Å². The fourth-order valence-electron chi connectivity index (χ4n) is 6.44. The van der Waals surface area contributed by atoms with Crippen LogP contribution in [0.5, 0.6) is 0 Å². The van der Waals surface area contributed by atoms with Gasteiger partial charge in [-0.3, -0.25) is 9.69 Å². The van der Waals surface area contributed by atoms with Crippen LogP contribution in [-0.2, 0) is 10.2 Å². The number of anilines is 1. The van der Waals surface area contributed by atoms with Crippen LogP contribution in [0.25, 0.3) is 0 Å². The van der Waals surface area contributed by atoms with Crippen molar-refractivity contribution < 1.29 is 9.18 Å². The molecular weight excluding hydrogens is 393 g/mol. The van der Waals surface area contributed by atoms with Crippen molar-refractivity contribution in [2.24, 2.45) is 17.8 Å². The number of halogens is 1. The zero-order valence-corrected chi connectivity index (χ0v) is 17.1. The van der Waals surface area contributed by atoms with Crippen LogP contribution in [0.15, 0.2) is 24.3 Å². The Kier molecular flexibility index (Phi) is 3.89. The van der Waals surface area contributed by atoms with E-state index >= 15 is 0 Å². The van der Waals surface area contributed by atoms with Gasteiger partial charge in [0.1, 0.15) is 16.2 Å². The highest BCUT2D eigenvalue weighted by Gasteiger charge is 2.53. The molecule has 7 rings (SSSR count). The van der Waals surface area contributed by atoms with Crippen molar-refractivity contribution in [2.75, 3.05) is 10.7 Å². The molecule has 1 unspecified atom stereocenters. The molecule has 1 aliphatic heterocycles. The van der Waals surface area contributed by atoms with E-state index in [1.54, 1.807) is 28.4 Å². The molecule has 1 aromatic heterocycles. The topological polar surface area (TPSA) is 46.1 Å². The van der Waals surface area contributed by atoms with Gasteiger partial charge in [-0.15, -0.1) is 22.0 Å².